The largest absolute Gasteiger partial charge is 0.379 e. The summed E-state index contributed by atoms with van der Waals surface area (Å²) in [5.74, 6) is -0.0439. The highest BCUT2D eigenvalue weighted by Gasteiger charge is 2.23. The van der Waals surface area contributed by atoms with Crippen molar-refractivity contribution in [3.05, 3.63) is 75.8 Å². The summed E-state index contributed by atoms with van der Waals surface area (Å²) in [6.07, 6.45) is 3.83. The Balaban J connectivity index is 1.53. The molecule has 1 fully saturated rings. The van der Waals surface area contributed by atoms with Gasteiger partial charge < -0.3 is 10.6 Å². The summed E-state index contributed by atoms with van der Waals surface area (Å²) in [6.45, 7) is 2.39. The monoisotopic (exact) mass is 348 g/mol. The number of nitrogens with zero attached hydrogens (tertiary/aromatic N) is 2. The first-order chi connectivity index (χ1) is 12.6. The van der Waals surface area contributed by atoms with Crippen LogP contribution in [0.3, 0.4) is 0 Å². The van der Waals surface area contributed by atoms with Crippen LogP contribution >= 0.6 is 0 Å². The molecule has 0 radical (unpaired) electrons. The molecule has 0 atom stereocenters. The average molecular weight is 348 g/mol. The van der Waals surface area contributed by atoms with Crippen molar-refractivity contribution in [2.45, 2.75) is 32.4 Å². The molecule has 0 aliphatic heterocycles. The predicted molar refractivity (Wildman–Crippen MR) is 100 cm³/mol. The van der Waals surface area contributed by atoms with Crippen molar-refractivity contribution in [1.82, 2.24) is 14.7 Å². The Hall–Kier alpha value is -3.15. The summed E-state index contributed by atoms with van der Waals surface area (Å²) in [5.41, 5.74) is 3.70. The molecule has 2 aromatic heterocycles. The number of carbonyl (C=O) groups is 1. The fraction of sp³-hybridized carbons (Fsp3) is 0.250. The van der Waals surface area contributed by atoms with Gasteiger partial charge >= 0.3 is 0 Å². The highest BCUT2D eigenvalue weighted by atomic mass is 16.1. The van der Waals surface area contributed by atoms with Crippen LogP contribution in [0.4, 0.5) is 5.69 Å². The molecule has 1 aromatic carbocycles. The van der Waals surface area contributed by atoms with Gasteiger partial charge in [0.2, 0.25) is 0 Å². The molecule has 2 N–H and O–H groups in total. The number of pyridine rings is 1. The Labute approximate surface area is 150 Å². The summed E-state index contributed by atoms with van der Waals surface area (Å²) in [7, 11) is 0. The van der Waals surface area contributed by atoms with Gasteiger partial charge in [0.15, 0.2) is 0 Å². The highest BCUT2D eigenvalue weighted by Crippen LogP contribution is 2.21. The summed E-state index contributed by atoms with van der Waals surface area (Å²) < 4.78 is 1.51. The Morgan fingerprint density at radius 2 is 2.08 bits per heavy atom. The van der Waals surface area contributed by atoms with Gasteiger partial charge in [-0.25, -0.2) is 4.98 Å². The standard InChI is InChI=1S/C20H20N4O2/c1-13-5-6-14(20(26)23-15-7-8-15)10-17(13)21-12-16-11-19(25)24-9-3-2-4-18(24)22-16/h2-6,9-11,15,21H,7-8,12H2,1H3,(H,23,26). The van der Waals surface area contributed by atoms with Crippen molar-refractivity contribution >= 4 is 17.2 Å². The van der Waals surface area contributed by atoms with Crippen LogP contribution in [0.2, 0.25) is 0 Å². The predicted octanol–water partition coefficient (Wildman–Crippen LogP) is 2.51. The Morgan fingerprint density at radius 1 is 1.23 bits per heavy atom. The first kappa shape index (κ1) is 16.3. The minimum atomic E-state index is -0.110. The number of anilines is 1. The van der Waals surface area contributed by atoms with E-state index in [1.807, 2.05) is 31.2 Å². The molecule has 1 amide bonds. The SMILES string of the molecule is Cc1ccc(C(=O)NC2CC2)cc1NCc1cc(=O)n2ccccc2n1. The van der Waals surface area contributed by atoms with E-state index in [4.69, 9.17) is 0 Å². The fourth-order valence-corrected chi connectivity index (χ4v) is 2.83. The first-order valence-corrected chi connectivity index (χ1v) is 8.73. The van der Waals surface area contributed by atoms with E-state index in [1.54, 1.807) is 18.3 Å². The van der Waals surface area contributed by atoms with Gasteiger partial charge in [0.05, 0.1) is 12.2 Å². The fourth-order valence-electron chi connectivity index (χ4n) is 2.83. The van der Waals surface area contributed by atoms with E-state index in [-0.39, 0.29) is 11.5 Å². The maximum atomic E-state index is 12.2. The molecule has 1 aliphatic carbocycles. The molecule has 2 heterocycles. The molecule has 132 valence electrons. The number of aryl methyl sites for hydroxylation is 1. The Morgan fingerprint density at radius 3 is 2.88 bits per heavy atom. The number of fused-ring (bicyclic) bond motifs is 1. The molecule has 26 heavy (non-hydrogen) atoms. The number of amides is 1. The number of benzene rings is 1. The van der Waals surface area contributed by atoms with Crippen molar-refractivity contribution < 1.29 is 4.79 Å². The molecular weight excluding hydrogens is 328 g/mol. The molecule has 4 rings (SSSR count). The number of hydrogen-bond donors (Lipinski definition) is 2. The zero-order valence-corrected chi connectivity index (χ0v) is 14.5. The lowest BCUT2D eigenvalue weighted by molar-refractivity contribution is 0.0951. The second kappa shape index (κ2) is 6.63. The molecule has 3 aromatic rings. The van der Waals surface area contributed by atoms with Crippen LogP contribution in [0.25, 0.3) is 5.65 Å². The van der Waals surface area contributed by atoms with Gasteiger partial charge in [-0.2, -0.15) is 0 Å². The number of carbonyl (C=O) groups excluding carboxylic acids is 1. The van der Waals surface area contributed by atoms with Gasteiger partial charge in [0.25, 0.3) is 11.5 Å². The van der Waals surface area contributed by atoms with Gasteiger partial charge in [-0.05, 0) is 49.6 Å². The minimum absolute atomic E-state index is 0.0439. The maximum absolute atomic E-state index is 12.2. The Kier molecular flexibility index (Phi) is 4.16. The van der Waals surface area contributed by atoms with E-state index in [2.05, 4.69) is 15.6 Å². The van der Waals surface area contributed by atoms with E-state index in [9.17, 15) is 9.59 Å². The lowest BCUT2D eigenvalue weighted by Crippen LogP contribution is -2.25. The van der Waals surface area contributed by atoms with Gasteiger partial charge in [0, 0.05) is 29.6 Å². The van der Waals surface area contributed by atoms with Gasteiger partial charge in [-0.3, -0.25) is 14.0 Å². The number of rotatable bonds is 5. The lowest BCUT2D eigenvalue weighted by atomic mass is 10.1. The summed E-state index contributed by atoms with van der Waals surface area (Å²) >= 11 is 0. The van der Waals surface area contributed by atoms with Gasteiger partial charge in [0.1, 0.15) is 5.65 Å². The van der Waals surface area contributed by atoms with Crippen LogP contribution in [-0.2, 0) is 6.54 Å². The van der Waals surface area contributed by atoms with Crippen LogP contribution in [0, 0.1) is 6.92 Å². The van der Waals surface area contributed by atoms with E-state index in [1.165, 1.54) is 10.5 Å². The zero-order valence-electron chi connectivity index (χ0n) is 14.5. The molecule has 0 saturated heterocycles. The molecule has 6 heteroatoms. The molecule has 0 bridgehead atoms. The van der Waals surface area contributed by atoms with Gasteiger partial charge in [-0.1, -0.05) is 12.1 Å². The summed E-state index contributed by atoms with van der Waals surface area (Å²) in [4.78, 5) is 28.9. The quantitative estimate of drug-likeness (QED) is 0.743. The number of aromatic nitrogens is 2. The molecule has 1 saturated carbocycles. The number of hydrogen-bond acceptors (Lipinski definition) is 4. The van der Waals surface area contributed by atoms with Crippen molar-refractivity contribution in [3.8, 4) is 0 Å². The second-order valence-electron chi connectivity index (χ2n) is 6.65. The average Bonchev–Trinajstić information content (AvgIpc) is 3.45. The third-order valence-corrected chi connectivity index (χ3v) is 4.50. The van der Waals surface area contributed by atoms with Gasteiger partial charge in [-0.15, -0.1) is 0 Å². The van der Waals surface area contributed by atoms with Crippen LogP contribution in [0.15, 0.2) is 53.5 Å². The summed E-state index contributed by atoms with van der Waals surface area (Å²) in [5, 5.41) is 6.29. The van der Waals surface area contributed by atoms with E-state index >= 15 is 0 Å². The molecule has 1 aliphatic rings. The lowest BCUT2D eigenvalue weighted by Gasteiger charge is -2.12. The van der Waals surface area contributed by atoms with Crippen LogP contribution in [0.5, 0.6) is 0 Å². The molecule has 0 unspecified atom stereocenters. The third-order valence-electron chi connectivity index (χ3n) is 4.50. The van der Waals surface area contributed by atoms with Crippen molar-refractivity contribution in [3.63, 3.8) is 0 Å². The normalized spacial score (nSPS) is 13.6. The maximum Gasteiger partial charge on any atom is 0.258 e. The minimum Gasteiger partial charge on any atom is -0.379 e. The molecule has 0 spiro atoms. The Bertz CT molecular complexity index is 1040. The summed E-state index contributed by atoms with van der Waals surface area (Å²) in [6, 6.07) is 12.9. The highest BCUT2D eigenvalue weighted by molar-refractivity contribution is 5.95. The van der Waals surface area contributed by atoms with Crippen molar-refractivity contribution in [2.24, 2.45) is 0 Å². The van der Waals surface area contributed by atoms with Crippen molar-refractivity contribution in [2.75, 3.05) is 5.32 Å². The van der Waals surface area contributed by atoms with E-state index in [0.29, 0.717) is 29.5 Å². The van der Waals surface area contributed by atoms with Crippen molar-refractivity contribution in [1.29, 1.82) is 0 Å². The third kappa shape index (κ3) is 3.44. The molecule has 6 nitrogen and oxygen atoms in total. The van der Waals surface area contributed by atoms with Crippen LogP contribution < -0.4 is 16.2 Å². The first-order valence-electron chi connectivity index (χ1n) is 8.73. The van der Waals surface area contributed by atoms with E-state index in [0.717, 1.165) is 24.1 Å². The molecular formula is C20H20N4O2. The zero-order chi connectivity index (χ0) is 18.1. The smallest absolute Gasteiger partial charge is 0.258 e. The second-order valence-corrected chi connectivity index (χ2v) is 6.65. The topological polar surface area (TPSA) is 75.5 Å². The number of nitrogens with one attached hydrogen (secondary N) is 2. The van der Waals surface area contributed by atoms with Crippen LogP contribution in [0.1, 0.15) is 34.5 Å². The van der Waals surface area contributed by atoms with Crippen LogP contribution in [-0.4, -0.2) is 21.3 Å². The van der Waals surface area contributed by atoms with E-state index < -0.39 is 0 Å².